The third-order valence-electron chi connectivity index (χ3n) is 3.00. The van der Waals surface area contributed by atoms with Crippen molar-refractivity contribution in [2.75, 3.05) is 0 Å². The van der Waals surface area contributed by atoms with E-state index in [1.54, 1.807) is 42.1 Å². The quantitative estimate of drug-likeness (QED) is 0.789. The van der Waals surface area contributed by atoms with Gasteiger partial charge in [-0.1, -0.05) is 29.3 Å². The van der Waals surface area contributed by atoms with Gasteiger partial charge < -0.3 is 4.98 Å². The van der Waals surface area contributed by atoms with Gasteiger partial charge in [-0.3, -0.25) is 9.48 Å². The predicted molar refractivity (Wildman–Crippen MR) is 84.5 cm³/mol. The number of rotatable bonds is 2. The minimum atomic E-state index is -0.227. The van der Waals surface area contributed by atoms with Gasteiger partial charge in [-0.15, -0.1) is 0 Å². The second-order valence-corrected chi connectivity index (χ2v) is 5.30. The molecule has 3 rings (SSSR count). The maximum absolute atomic E-state index is 11.9. The lowest BCUT2D eigenvalue weighted by atomic mass is 10.2. The van der Waals surface area contributed by atoms with Crippen molar-refractivity contribution in [3.8, 4) is 0 Å². The van der Waals surface area contributed by atoms with Gasteiger partial charge in [-0.25, -0.2) is 4.98 Å². The number of hydrogen-bond donors (Lipinski definition) is 1. The van der Waals surface area contributed by atoms with Gasteiger partial charge in [0.05, 0.1) is 6.20 Å². The zero-order chi connectivity index (χ0) is 15.0. The molecule has 2 heterocycles. The summed E-state index contributed by atoms with van der Waals surface area (Å²) in [6.07, 6.45) is 4.94. The zero-order valence-electron chi connectivity index (χ0n) is 11.0. The molecule has 0 atom stereocenters. The van der Waals surface area contributed by atoms with Crippen molar-refractivity contribution in [3.63, 3.8) is 0 Å². The van der Waals surface area contributed by atoms with E-state index in [9.17, 15) is 4.79 Å². The van der Waals surface area contributed by atoms with Crippen molar-refractivity contribution in [3.05, 3.63) is 56.2 Å². The number of fused-ring (bicyclic) bond motifs is 1. The van der Waals surface area contributed by atoms with Crippen molar-refractivity contribution in [2.45, 2.75) is 0 Å². The Labute approximate surface area is 129 Å². The van der Waals surface area contributed by atoms with E-state index in [4.69, 9.17) is 23.2 Å². The molecule has 0 radical (unpaired) electrons. The Morgan fingerprint density at radius 2 is 2.10 bits per heavy atom. The summed E-state index contributed by atoms with van der Waals surface area (Å²) in [4.78, 5) is 18.9. The van der Waals surface area contributed by atoms with Gasteiger partial charge in [0.1, 0.15) is 11.2 Å². The largest absolute Gasteiger partial charge is 0.306 e. The molecule has 1 N–H and O–H groups in total. The van der Waals surface area contributed by atoms with Crippen LogP contribution in [0.25, 0.3) is 23.2 Å². The first kappa shape index (κ1) is 13.9. The van der Waals surface area contributed by atoms with Crippen LogP contribution in [0.15, 0.2) is 29.2 Å². The number of halogens is 2. The molecule has 0 aliphatic heterocycles. The molecule has 7 heteroatoms. The Bertz CT molecular complexity index is 911. The molecule has 0 aliphatic carbocycles. The lowest BCUT2D eigenvalue weighted by Crippen LogP contribution is -2.09. The van der Waals surface area contributed by atoms with Crippen LogP contribution in [0.1, 0.15) is 11.4 Å². The molecule has 0 fully saturated rings. The summed E-state index contributed by atoms with van der Waals surface area (Å²) >= 11 is 11.9. The molecule has 2 aromatic heterocycles. The lowest BCUT2D eigenvalue weighted by Gasteiger charge is -1.99. The molecule has 21 heavy (non-hydrogen) atoms. The fourth-order valence-corrected chi connectivity index (χ4v) is 2.41. The summed E-state index contributed by atoms with van der Waals surface area (Å²) < 4.78 is 1.55. The summed E-state index contributed by atoms with van der Waals surface area (Å²) in [6, 6.07) is 5.19. The van der Waals surface area contributed by atoms with E-state index in [0.717, 1.165) is 5.56 Å². The normalized spacial score (nSPS) is 11.6. The highest BCUT2D eigenvalue weighted by atomic mass is 35.5. The highest BCUT2D eigenvalue weighted by Gasteiger charge is 2.06. The first-order valence-corrected chi connectivity index (χ1v) is 6.85. The minimum absolute atomic E-state index is 0.227. The van der Waals surface area contributed by atoms with Gasteiger partial charge >= 0.3 is 0 Å². The standard InChI is InChI=1S/C14H10Cl2N4O/c1-20-13-10(7-17-20)14(21)19-12(18-13)5-3-8-2-4-9(15)6-11(8)16/h2-7H,1H3,(H,18,19,21)/b5-3+. The number of aromatic amines is 1. The molecule has 0 aliphatic rings. The van der Waals surface area contributed by atoms with Crippen LogP contribution in [-0.4, -0.2) is 19.7 Å². The van der Waals surface area contributed by atoms with E-state index in [-0.39, 0.29) is 5.56 Å². The van der Waals surface area contributed by atoms with Crippen LogP contribution in [0, 0.1) is 0 Å². The number of nitrogens with zero attached hydrogens (tertiary/aromatic N) is 3. The highest BCUT2D eigenvalue weighted by Crippen LogP contribution is 2.22. The van der Waals surface area contributed by atoms with Crippen LogP contribution >= 0.6 is 23.2 Å². The number of nitrogens with one attached hydrogen (secondary N) is 1. The number of H-pyrrole nitrogens is 1. The monoisotopic (exact) mass is 320 g/mol. The number of benzene rings is 1. The van der Waals surface area contributed by atoms with E-state index in [1.165, 1.54) is 6.20 Å². The van der Waals surface area contributed by atoms with Crippen LogP contribution in [0.2, 0.25) is 10.0 Å². The lowest BCUT2D eigenvalue weighted by molar-refractivity contribution is 0.784. The van der Waals surface area contributed by atoms with E-state index >= 15 is 0 Å². The summed E-state index contributed by atoms with van der Waals surface area (Å²) in [6.45, 7) is 0. The second kappa shape index (κ2) is 5.35. The molecule has 0 unspecified atom stereocenters. The average molecular weight is 321 g/mol. The van der Waals surface area contributed by atoms with E-state index in [1.807, 2.05) is 0 Å². The SMILES string of the molecule is Cn1ncc2c(=O)[nH]c(/C=C/c3ccc(Cl)cc3Cl)nc21. The van der Waals surface area contributed by atoms with E-state index in [0.29, 0.717) is 26.9 Å². The molecular formula is C14H10Cl2N4O. The third kappa shape index (κ3) is 2.70. The third-order valence-corrected chi connectivity index (χ3v) is 3.57. The summed E-state index contributed by atoms with van der Waals surface area (Å²) in [7, 11) is 1.73. The van der Waals surface area contributed by atoms with Crippen LogP contribution < -0.4 is 5.56 Å². The second-order valence-electron chi connectivity index (χ2n) is 4.46. The van der Waals surface area contributed by atoms with Gasteiger partial charge in [0.2, 0.25) is 0 Å². The molecular weight excluding hydrogens is 311 g/mol. The maximum Gasteiger partial charge on any atom is 0.262 e. The number of aryl methyl sites for hydroxylation is 1. The maximum atomic E-state index is 11.9. The fraction of sp³-hybridized carbons (Fsp3) is 0.0714. The molecule has 5 nitrogen and oxygen atoms in total. The van der Waals surface area contributed by atoms with Crippen LogP contribution in [0.5, 0.6) is 0 Å². The Morgan fingerprint density at radius 3 is 2.86 bits per heavy atom. The molecule has 0 saturated heterocycles. The first-order chi connectivity index (χ1) is 10.0. The summed E-state index contributed by atoms with van der Waals surface area (Å²) in [5.74, 6) is 0.433. The van der Waals surface area contributed by atoms with E-state index in [2.05, 4.69) is 15.1 Å². The predicted octanol–water partition coefficient (Wildman–Crippen LogP) is 3.13. The van der Waals surface area contributed by atoms with Crippen LogP contribution in [0.3, 0.4) is 0 Å². The molecule has 0 amide bonds. The van der Waals surface area contributed by atoms with Gasteiger partial charge in [0.25, 0.3) is 5.56 Å². The van der Waals surface area contributed by atoms with Crippen molar-refractivity contribution in [1.29, 1.82) is 0 Å². The summed E-state index contributed by atoms with van der Waals surface area (Å²) in [5, 5.41) is 5.57. The molecule has 3 aromatic rings. The molecule has 0 spiro atoms. The summed E-state index contributed by atoms with van der Waals surface area (Å²) in [5.41, 5.74) is 1.09. The topological polar surface area (TPSA) is 63.6 Å². The number of aromatic nitrogens is 4. The Hall–Kier alpha value is -2.11. The Morgan fingerprint density at radius 1 is 1.29 bits per heavy atom. The zero-order valence-corrected chi connectivity index (χ0v) is 12.5. The van der Waals surface area contributed by atoms with Gasteiger partial charge in [-0.2, -0.15) is 5.10 Å². The molecule has 1 aromatic carbocycles. The first-order valence-electron chi connectivity index (χ1n) is 6.10. The van der Waals surface area contributed by atoms with Crippen molar-refractivity contribution < 1.29 is 0 Å². The van der Waals surface area contributed by atoms with Crippen molar-refractivity contribution >= 4 is 46.4 Å². The smallest absolute Gasteiger partial charge is 0.262 e. The van der Waals surface area contributed by atoms with Crippen LogP contribution in [0.4, 0.5) is 0 Å². The van der Waals surface area contributed by atoms with Crippen LogP contribution in [-0.2, 0) is 7.05 Å². The van der Waals surface area contributed by atoms with Gasteiger partial charge in [0.15, 0.2) is 5.65 Å². The van der Waals surface area contributed by atoms with E-state index < -0.39 is 0 Å². The van der Waals surface area contributed by atoms with Gasteiger partial charge in [0, 0.05) is 17.1 Å². The average Bonchev–Trinajstić information content (AvgIpc) is 2.80. The highest BCUT2D eigenvalue weighted by molar-refractivity contribution is 6.35. The van der Waals surface area contributed by atoms with Gasteiger partial charge in [-0.05, 0) is 29.8 Å². The van der Waals surface area contributed by atoms with Crippen molar-refractivity contribution in [1.82, 2.24) is 19.7 Å². The molecule has 106 valence electrons. The number of hydrogen-bond acceptors (Lipinski definition) is 3. The Balaban J connectivity index is 2.03. The minimum Gasteiger partial charge on any atom is -0.306 e. The van der Waals surface area contributed by atoms with Crippen molar-refractivity contribution in [2.24, 2.45) is 7.05 Å². The molecule has 0 saturated carbocycles. The fourth-order valence-electron chi connectivity index (χ4n) is 1.93. The Kier molecular flexibility index (Phi) is 3.53. The molecule has 0 bridgehead atoms.